The normalized spacial score (nSPS) is 14.9. The summed E-state index contributed by atoms with van der Waals surface area (Å²) in [5.74, 6) is -0.343. The maximum Gasteiger partial charge on any atom is 0.343 e. The van der Waals surface area contributed by atoms with Gasteiger partial charge in [0.15, 0.2) is 0 Å². The molecule has 0 saturated carbocycles. The second kappa shape index (κ2) is 8.86. The number of carbonyl (C=O) groups excluding carboxylic acids is 1. The smallest absolute Gasteiger partial charge is 0.343 e. The molecular formula is C21H23ClN4O4S. The van der Waals surface area contributed by atoms with Gasteiger partial charge in [-0.2, -0.15) is 3.97 Å². The van der Waals surface area contributed by atoms with E-state index in [9.17, 15) is 18.0 Å². The van der Waals surface area contributed by atoms with Crippen LogP contribution in [-0.2, 0) is 21.4 Å². The summed E-state index contributed by atoms with van der Waals surface area (Å²) in [4.78, 5) is 27.8. The van der Waals surface area contributed by atoms with Crippen molar-refractivity contribution in [2.75, 3.05) is 26.2 Å². The van der Waals surface area contributed by atoms with E-state index in [-0.39, 0.29) is 27.9 Å². The molecular weight excluding hydrogens is 440 g/mol. The molecule has 0 bridgehead atoms. The first-order valence-corrected chi connectivity index (χ1v) is 11.9. The molecule has 0 aliphatic carbocycles. The van der Waals surface area contributed by atoms with E-state index in [1.807, 2.05) is 0 Å². The Bertz CT molecular complexity index is 1280. The molecule has 2 heterocycles. The lowest BCUT2D eigenvalue weighted by atomic mass is 10.3. The molecule has 31 heavy (non-hydrogen) atoms. The summed E-state index contributed by atoms with van der Waals surface area (Å²) in [5.41, 5.74) is -0.221. The minimum absolute atomic E-state index is 0.0972. The molecule has 164 valence electrons. The Morgan fingerprint density at radius 3 is 2.45 bits per heavy atom. The first-order valence-electron chi connectivity index (χ1n) is 10.1. The van der Waals surface area contributed by atoms with Crippen molar-refractivity contribution >= 4 is 38.6 Å². The van der Waals surface area contributed by atoms with Crippen LogP contribution < -0.4 is 11.0 Å². The second-order valence-electron chi connectivity index (χ2n) is 7.48. The van der Waals surface area contributed by atoms with Crippen LogP contribution in [0.5, 0.6) is 0 Å². The van der Waals surface area contributed by atoms with Crippen molar-refractivity contribution in [3.05, 3.63) is 64.0 Å². The number of nitrogens with zero attached hydrogens (tertiary/aromatic N) is 3. The summed E-state index contributed by atoms with van der Waals surface area (Å²) >= 11 is 5.95. The van der Waals surface area contributed by atoms with Crippen molar-refractivity contribution in [3.63, 3.8) is 0 Å². The van der Waals surface area contributed by atoms with Crippen LogP contribution in [0.3, 0.4) is 0 Å². The Hall–Kier alpha value is -2.62. The molecule has 3 aromatic rings. The Labute approximate surface area is 185 Å². The van der Waals surface area contributed by atoms with Gasteiger partial charge in [0.2, 0.25) is 5.91 Å². The summed E-state index contributed by atoms with van der Waals surface area (Å²) in [6, 6.07) is 12.2. The van der Waals surface area contributed by atoms with Crippen molar-refractivity contribution < 1.29 is 13.2 Å². The molecule has 10 heteroatoms. The third-order valence-electron chi connectivity index (χ3n) is 5.38. The number of fused-ring (bicyclic) bond motifs is 1. The average Bonchev–Trinajstić information content (AvgIpc) is 3.35. The third kappa shape index (κ3) is 4.39. The van der Waals surface area contributed by atoms with Crippen molar-refractivity contribution in [2.45, 2.75) is 24.3 Å². The van der Waals surface area contributed by atoms with Gasteiger partial charge in [-0.1, -0.05) is 29.8 Å². The Balaban J connectivity index is 1.64. The van der Waals surface area contributed by atoms with Gasteiger partial charge >= 0.3 is 5.69 Å². The minimum atomic E-state index is -4.20. The van der Waals surface area contributed by atoms with Gasteiger partial charge in [-0.25, -0.2) is 13.2 Å². The Kier molecular flexibility index (Phi) is 6.17. The number of amides is 1. The molecule has 2 aromatic carbocycles. The fourth-order valence-electron chi connectivity index (χ4n) is 3.86. The highest BCUT2D eigenvalue weighted by atomic mass is 35.5. The highest BCUT2D eigenvalue weighted by molar-refractivity contribution is 7.90. The monoisotopic (exact) mass is 462 g/mol. The van der Waals surface area contributed by atoms with E-state index in [1.165, 1.54) is 35.6 Å². The van der Waals surface area contributed by atoms with Crippen molar-refractivity contribution in [2.24, 2.45) is 0 Å². The van der Waals surface area contributed by atoms with Gasteiger partial charge in [0.25, 0.3) is 10.0 Å². The first kappa shape index (κ1) is 21.6. The van der Waals surface area contributed by atoms with Crippen LogP contribution in [0.4, 0.5) is 0 Å². The number of hydrogen-bond acceptors (Lipinski definition) is 5. The molecule has 1 N–H and O–H groups in total. The summed E-state index contributed by atoms with van der Waals surface area (Å²) in [6.07, 6.45) is 2.34. The molecule has 1 aliphatic rings. The predicted octanol–water partition coefficient (Wildman–Crippen LogP) is 1.91. The Morgan fingerprint density at radius 2 is 1.74 bits per heavy atom. The first-order chi connectivity index (χ1) is 14.9. The van der Waals surface area contributed by atoms with Crippen LogP contribution in [0.15, 0.2) is 58.2 Å². The second-order valence-corrected chi connectivity index (χ2v) is 9.71. The van der Waals surface area contributed by atoms with Crippen molar-refractivity contribution in [1.29, 1.82) is 0 Å². The van der Waals surface area contributed by atoms with Gasteiger partial charge in [0.1, 0.15) is 6.54 Å². The summed E-state index contributed by atoms with van der Waals surface area (Å²) < 4.78 is 28.4. The van der Waals surface area contributed by atoms with E-state index < -0.39 is 15.7 Å². The van der Waals surface area contributed by atoms with Gasteiger partial charge in [-0.05, 0) is 56.3 Å². The molecule has 0 unspecified atom stereocenters. The van der Waals surface area contributed by atoms with Gasteiger partial charge in [-0.3, -0.25) is 9.36 Å². The number of hydrogen-bond donors (Lipinski definition) is 1. The molecule has 0 atom stereocenters. The quantitative estimate of drug-likeness (QED) is 0.579. The third-order valence-corrected chi connectivity index (χ3v) is 7.30. The lowest BCUT2D eigenvalue weighted by Crippen LogP contribution is -2.38. The molecule has 4 rings (SSSR count). The highest BCUT2D eigenvalue weighted by Crippen LogP contribution is 2.22. The van der Waals surface area contributed by atoms with Crippen LogP contribution in [-0.4, -0.2) is 53.9 Å². The van der Waals surface area contributed by atoms with Crippen LogP contribution >= 0.6 is 11.6 Å². The van der Waals surface area contributed by atoms with E-state index in [0.29, 0.717) is 12.1 Å². The van der Waals surface area contributed by atoms with Crippen LogP contribution in [0, 0.1) is 0 Å². The zero-order valence-electron chi connectivity index (χ0n) is 16.8. The maximum atomic E-state index is 13.2. The van der Waals surface area contributed by atoms with Crippen molar-refractivity contribution in [1.82, 2.24) is 18.8 Å². The summed E-state index contributed by atoms with van der Waals surface area (Å²) in [7, 11) is -4.20. The number of halogens is 1. The number of carbonyl (C=O) groups is 1. The van der Waals surface area contributed by atoms with E-state index in [0.717, 1.165) is 23.6 Å². The zero-order chi connectivity index (χ0) is 22.0. The number of aromatic nitrogens is 2. The van der Waals surface area contributed by atoms with Gasteiger partial charge in [0, 0.05) is 18.1 Å². The number of rotatable bonds is 7. The van der Waals surface area contributed by atoms with E-state index in [2.05, 4.69) is 10.2 Å². The lowest BCUT2D eigenvalue weighted by molar-refractivity contribution is -0.121. The number of likely N-dealkylation sites (tertiary alicyclic amines) is 1. The summed E-state index contributed by atoms with van der Waals surface area (Å²) in [6.45, 7) is 3.03. The molecule has 0 radical (unpaired) electrons. The number of benzene rings is 2. The fourth-order valence-corrected chi connectivity index (χ4v) is 5.57. The standard InChI is InChI=1S/C21H23ClN4O4S/c22-16-6-5-7-17(14-16)31(29,30)26-19-9-2-1-8-18(19)25(21(26)28)15-20(27)23-10-13-24-11-3-4-12-24/h1-2,5-9,14H,3-4,10-13,15H2,(H,23,27). The SMILES string of the molecule is O=C(Cn1c(=O)n(S(=O)(=O)c2cccc(Cl)c2)c2ccccc21)NCCN1CCCC1. The highest BCUT2D eigenvalue weighted by Gasteiger charge is 2.26. The van der Waals surface area contributed by atoms with Gasteiger partial charge in [0.05, 0.1) is 15.9 Å². The molecule has 0 spiro atoms. The van der Waals surface area contributed by atoms with Gasteiger partial charge < -0.3 is 10.2 Å². The number of para-hydroxylation sites is 2. The topological polar surface area (TPSA) is 93.4 Å². The van der Waals surface area contributed by atoms with E-state index in [1.54, 1.807) is 30.3 Å². The van der Waals surface area contributed by atoms with Crippen LogP contribution in [0.25, 0.3) is 11.0 Å². The maximum absolute atomic E-state index is 13.2. The van der Waals surface area contributed by atoms with Gasteiger partial charge in [-0.15, -0.1) is 0 Å². The minimum Gasteiger partial charge on any atom is -0.353 e. The fraction of sp³-hybridized carbons (Fsp3) is 0.333. The zero-order valence-corrected chi connectivity index (χ0v) is 18.4. The van der Waals surface area contributed by atoms with E-state index in [4.69, 9.17) is 11.6 Å². The van der Waals surface area contributed by atoms with Crippen LogP contribution in [0.1, 0.15) is 12.8 Å². The number of imidazole rings is 1. The lowest BCUT2D eigenvalue weighted by Gasteiger charge is -2.14. The molecule has 1 fully saturated rings. The molecule has 1 amide bonds. The molecule has 1 saturated heterocycles. The van der Waals surface area contributed by atoms with E-state index >= 15 is 0 Å². The average molecular weight is 463 g/mol. The van der Waals surface area contributed by atoms with Crippen LogP contribution in [0.2, 0.25) is 5.02 Å². The summed E-state index contributed by atoms with van der Waals surface area (Å²) in [5, 5.41) is 3.07. The predicted molar refractivity (Wildman–Crippen MR) is 119 cm³/mol. The Morgan fingerprint density at radius 1 is 1.03 bits per heavy atom. The molecule has 8 nitrogen and oxygen atoms in total. The number of nitrogens with one attached hydrogen (secondary N) is 1. The largest absolute Gasteiger partial charge is 0.353 e. The van der Waals surface area contributed by atoms with Crippen molar-refractivity contribution in [3.8, 4) is 0 Å². The molecule has 1 aromatic heterocycles. The molecule has 1 aliphatic heterocycles.